The average molecular weight is 189 g/mol. The number of ketones is 1. The van der Waals surface area contributed by atoms with E-state index >= 15 is 0 Å². The Balaban J connectivity index is 2.98. The molecular formula is C6H5BrO2. The number of carbonyl (C=O) groups excluding carboxylic acids is 1. The summed E-state index contributed by atoms with van der Waals surface area (Å²) >= 11 is 3.08. The zero-order chi connectivity index (χ0) is 6.85. The molecule has 0 aromatic carbocycles. The molecule has 9 heavy (non-hydrogen) atoms. The van der Waals surface area contributed by atoms with Gasteiger partial charge in [0.15, 0.2) is 10.5 Å². The second kappa shape index (κ2) is 2.35. The molecule has 1 rings (SSSR count). The lowest BCUT2D eigenvalue weighted by atomic mass is 10.2. The second-order valence-electron chi connectivity index (χ2n) is 1.70. The first kappa shape index (κ1) is 6.55. The number of rotatable bonds is 1. The minimum absolute atomic E-state index is 0.0180. The molecule has 0 aliphatic rings. The minimum Gasteiger partial charge on any atom is -0.457 e. The van der Waals surface area contributed by atoms with Crippen LogP contribution in [0.1, 0.15) is 17.3 Å². The van der Waals surface area contributed by atoms with Crippen molar-refractivity contribution in [1.82, 2.24) is 0 Å². The summed E-state index contributed by atoms with van der Waals surface area (Å²) in [6, 6.07) is 1.64. The highest BCUT2D eigenvalue weighted by Crippen LogP contribution is 2.13. The molecule has 1 aromatic rings. The summed E-state index contributed by atoms with van der Waals surface area (Å²) in [6.45, 7) is 1.50. The van der Waals surface area contributed by atoms with Crippen molar-refractivity contribution >= 4 is 21.7 Å². The molecule has 0 saturated heterocycles. The summed E-state index contributed by atoms with van der Waals surface area (Å²) in [4.78, 5) is 10.6. The third kappa shape index (κ3) is 1.42. The van der Waals surface area contributed by atoms with Crippen LogP contribution < -0.4 is 0 Å². The number of Topliss-reactive ketones (excluding diaryl/α,β-unsaturated/α-hetero) is 1. The molecule has 0 spiro atoms. The number of halogens is 1. The normalized spacial score (nSPS) is 9.56. The SMILES string of the molecule is CC(=O)c1coc(Br)c1. The van der Waals surface area contributed by atoms with Crippen LogP contribution in [0.4, 0.5) is 0 Å². The molecule has 0 unspecified atom stereocenters. The predicted octanol–water partition coefficient (Wildman–Crippen LogP) is 2.24. The molecule has 0 aliphatic heterocycles. The van der Waals surface area contributed by atoms with Crippen LogP contribution in [0, 0.1) is 0 Å². The summed E-state index contributed by atoms with van der Waals surface area (Å²) < 4.78 is 5.41. The Bertz CT molecular complexity index is 227. The molecule has 48 valence electrons. The maximum Gasteiger partial charge on any atom is 0.169 e. The van der Waals surface area contributed by atoms with Gasteiger partial charge in [-0.2, -0.15) is 0 Å². The maximum absolute atomic E-state index is 10.6. The third-order valence-electron chi connectivity index (χ3n) is 0.974. The van der Waals surface area contributed by atoms with Gasteiger partial charge in [0.1, 0.15) is 6.26 Å². The quantitative estimate of drug-likeness (QED) is 0.634. The van der Waals surface area contributed by atoms with Crippen LogP contribution in [0.3, 0.4) is 0 Å². The topological polar surface area (TPSA) is 30.2 Å². The van der Waals surface area contributed by atoms with Gasteiger partial charge in [-0.1, -0.05) is 0 Å². The molecule has 0 bridgehead atoms. The maximum atomic E-state index is 10.6. The van der Waals surface area contributed by atoms with Gasteiger partial charge < -0.3 is 4.42 Å². The molecule has 0 atom stereocenters. The van der Waals surface area contributed by atoms with Crippen LogP contribution >= 0.6 is 15.9 Å². The first-order valence-corrected chi connectivity index (χ1v) is 3.24. The largest absolute Gasteiger partial charge is 0.457 e. The van der Waals surface area contributed by atoms with E-state index in [0.29, 0.717) is 10.2 Å². The zero-order valence-electron chi connectivity index (χ0n) is 4.85. The minimum atomic E-state index is 0.0180. The number of hydrogen-bond donors (Lipinski definition) is 0. The highest BCUT2D eigenvalue weighted by molar-refractivity contribution is 9.10. The van der Waals surface area contributed by atoms with Crippen molar-refractivity contribution in [2.75, 3.05) is 0 Å². The number of carbonyl (C=O) groups is 1. The first-order chi connectivity index (χ1) is 4.20. The van der Waals surface area contributed by atoms with Crippen LogP contribution in [0.5, 0.6) is 0 Å². The smallest absolute Gasteiger partial charge is 0.169 e. The molecule has 0 saturated carbocycles. The summed E-state index contributed by atoms with van der Waals surface area (Å²) in [7, 11) is 0. The molecule has 0 amide bonds. The summed E-state index contributed by atoms with van der Waals surface area (Å²) in [5.41, 5.74) is 0.599. The van der Waals surface area contributed by atoms with Crippen LogP contribution in [-0.2, 0) is 0 Å². The van der Waals surface area contributed by atoms with Crippen molar-refractivity contribution in [3.05, 3.63) is 22.6 Å². The molecular weight excluding hydrogens is 184 g/mol. The van der Waals surface area contributed by atoms with Gasteiger partial charge in [-0.3, -0.25) is 4.79 Å². The Kier molecular flexibility index (Phi) is 1.71. The van der Waals surface area contributed by atoms with Gasteiger partial charge in [0.2, 0.25) is 0 Å². The highest BCUT2D eigenvalue weighted by Gasteiger charge is 2.01. The molecule has 1 aromatic heterocycles. The summed E-state index contributed by atoms with van der Waals surface area (Å²) in [5, 5.41) is 0. The van der Waals surface area contributed by atoms with E-state index in [2.05, 4.69) is 15.9 Å². The predicted molar refractivity (Wildman–Crippen MR) is 36.4 cm³/mol. The fourth-order valence-corrected chi connectivity index (χ4v) is 0.835. The Hall–Kier alpha value is -0.570. The molecule has 3 heteroatoms. The van der Waals surface area contributed by atoms with E-state index in [-0.39, 0.29) is 5.78 Å². The van der Waals surface area contributed by atoms with Gasteiger partial charge in [0, 0.05) is 6.07 Å². The van der Waals surface area contributed by atoms with Gasteiger partial charge in [-0.15, -0.1) is 0 Å². The summed E-state index contributed by atoms with van der Waals surface area (Å²) in [5.74, 6) is 0.0180. The lowest BCUT2D eigenvalue weighted by molar-refractivity contribution is 0.101. The number of furan rings is 1. The van der Waals surface area contributed by atoms with E-state index in [1.165, 1.54) is 13.2 Å². The monoisotopic (exact) mass is 188 g/mol. The van der Waals surface area contributed by atoms with Gasteiger partial charge >= 0.3 is 0 Å². The Labute approximate surface area is 61.0 Å². The van der Waals surface area contributed by atoms with E-state index in [9.17, 15) is 4.79 Å². The van der Waals surface area contributed by atoms with Crippen LogP contribution in [0.2, 0.25) is 0 Å². The van der Waals surface area contributed by atoms with Crippen LogP contribution in [0.15, 0.2) is 21.4 Å². The standard InChI is InChI=1S/C6H5BrO2/c1-4(8)5-2-6(7)9-3-5/h2-3H,1H3. The molecule has 2 nitrogen and oxygen atoms in total. The second-order valence-corrected chi connectivity index (χ2v) is 2.48. The molecule has 0 N–H and O–H groups in total. The third-order valence-corrected chi connectivity index (χ3v) is 1.39. The van der Waals surface area contributed by atoms with Crippen molar-refractivity contribution in [2.45, 2.75) is 6.92 Å². The van der Waals surface area contributed by atoms with Gasteiger partial charge in [0.05, 0.1) is 5.56 Å². The van der Waals surface area contributed by atoms with Crippen molar-refractivity contribution in [1.29, 1.82) is 0 Å². The zero-order valence-corrected chi connectivity index (χ0v) is 6.44. The fraction of sp³-hybridized carbons (Fsp3) is 0.167. The highest BCUT2D eigenvalue weighted by atomic mass is 79.9. The Morgan fingerprint density at radius 2 is 2.44 bits per heavy atom. The Morgan fingerprint density at radius 3 is 2.67 bits per heavy atom. The van der Waals surface area contributed by atoms with E-state index in [0.717, 1.165) is 0 Å². The molecule has 0 aliphatic carbocycles. The molecule has 0 fully saturated rings. The van der Waals surface area contributed by atoms with E-state index < -0.39 is 0 Å². The van der Waals surface area contributed by atoms with Gasteiger partial charge in [-0.05, 0) is 22.9 Å². The first-order valence-electron chi connectivity index (χ1n) is 2.45. The molecule has 1 heterocycles. The average Bonchev–Trinajstić information content (AvgIpc) is 2.14. The Morgan fingerprint density at radius 1 is 1.78 bits per heavy atom. The fourth-order valence-electron chi connectivity index (χ4n) is 0.495. The van der Waals surface area contributed by atoms with Gasteiger partial charge in [-0.25, -0.2) is 0 Å². The van der Waals surface area contributed by atoms with Crippen LogP contribution in [0.25, 0.3) is 0 Å². The van der Waals surface area contributed by atoms with E-state index in [1.807, 2.05) is 0 Å². The van der Waals surface area contributed by atoms with Crippen molar-refractivity contribution < 1.29 is 9.21 Å². The van der Waals surface area contributed by atoms with E-state index in [1.54, 1.807) is 6.07 Å². The lowest BCUT2D eigenvalue weighted by Gasteiger charge is -1.78. The van der Waals surface area contributed by atoms with Crippen molar-refractivity contribution in [2.24, 2.45) is 0 Å². The van der Waals surface area contributed by atoms with Gasteiger partial charge in [0.25, 0.3) is 0 Å². The molecule has 0 radical (unpaired) electrons. The number of hydrogen-bond acceptors (Lipinski definition) is 2. The van der Waals surface area contributed by atoms with Crippen LogP contribution in [-0.4, -0.2) is 5.78 Å². The van der Waals surface area contributed by atoms with E-state index in [4.69, 9.17) is 4.42 Å². The summed E-state index contributed by atoms with van der Waals surface area (Å²) in [6.07, 6.45) is 1.42. The van der Waals surface area contributed by atoms with Crippen molar-refractivity contribution in [3.63, 3.8) is 0 Å². The van der Waals surface area contributed by atoms with Crippen molar-refractivity contribution in [3.8, 4) is 0 Å². The lowest BCUT2D eigenvalue weighted by Crippen LogP contribution is -1.85.